The van der Waals surface area contributed by atoms with Crippen molar-refractivity contribution < 1.29 is 46.1 Å². The molecule has 2 aromatic rings. The Kier molecular flexibility index (Phi) is 14.4. The summed E-state index contributed by atoms with van der Waals surface area (Å²) in [7, 11) is 0. The largest absolute Gasteiger partial charge is 0.490 e. The predicted molar refractivity (Wildman–Crippen MR) is 129 cm³/mol. The summed E-state index contributed by atoms with van der Waals surface area (Å²) in [5.74, 6) is -5.51. The van der Waals surface area contributed by atoms with Gasteiger partial charge in [0, 0.05) is 13.1 Å². The van der Waals surface area contributed by atoms with Gasteiger partial charge in [0.25, 0.3) is 0 Å². The Hall–Kier alpha value is -3.12. The van der Waals surface area contributed by atoms with Gasteiger partial charge < -0.3 is 10.2 Å². The van der Waals surface area contributed by atoms with E-state index in [0.29, 0.717) is 0 Å². The summed E-state index contributed by atoms with van der Waals surface area (Å²) < 4.78 is 63.5. The zero-order valence-corrected chi connectivity index (χ0v) is 20.7. The Morgan fingerprint density at radius 2 is 0.816 bits per heavy atom. The van der Waals surface area contributed by atoms with Gasteiger partial charge >= 0.3 is 24.3 Å². The zero-order valence-electron chi connectivity index (χ0n) is 20.7. The van der Waals surface area contributed by atoms with Gasteiger partial charge in [-0.1, -0.05) is 60.7 Å². The molecule has 0 aliphatic carbocycles. The quantitative estimate of drug-likeness (QED) is 0.467. The van der Waals surface area contributed by atoms with Crippen LogP contribution in [0.1, 0.15) is 36.8 Å². The molecule has 2 aliphatic heterocycles. The minimum atomic E-state index is -5.08. The smallest absolute Gasteiger partial charge is 0.475 e. The van der Waals surface area contributed by atoms with Crippen molar-refractivity contribution in [2.75, 3.05) is 26.2 Å². The van der Waals surface area contributed by atoms with E-state index in [0.717, 1.165) is 13.1 Å². The highest BCUT2D eigenvalue weighted by atomic mass is 19.4. The first-order valence-corrected chi connectivity index (χ1v) is 11.9. The van der Waals surface area contributed by atoms with E-state index in [2.05, 4.69) is 70.5 Å². The Morgan fingerprint density at radius 1 is 0.579 bits per heavy atom. The number of likely N-dealkylation sites (tertiary alicyclic amines) is 2. The van der Waals surface area contributed by atoms with Crippen molar-refractivity contribution in [3.05, 3.63) is 71.8 Å². The molecule has 2 N–H and O–H groups in total. The molecule has 2 fully saturated rings. The lowest BCUT2D eigenvalue weighted by atomic mass is 10.2. The number of aliphatic carboxylic acids is 2. The van der Waals surface area contributed by atoms with Crippen molar-refractivity contribution in [3.8, 4) is 0 Å². The van der Waals surface area contributed by atoms with Gasteiger partial charge in [0.15, 0.2) is 0 Å². The molecule has 12 heteroatoms. The normalized spacial score (nSPS) is 15.7. The van der Waals surface area contributed by atoms with Crippen LogP contribution < -0.4 is 0 Å². The molecule has 38 heavy (non-hydrogen) atoms. The maximum absolute atomic E-state index is 10.6. The van der Waals surface area contributed by atoms with E-state index in [9.17, 15) is 26.3 Å². The summed E-state index contributed by atoms with van der Waals surface area (Å²) in [6, 6.07) is 21.4. The van der Waals surface area contributed by atoms with Gasteiger partial charge in [-0.05, 0) is 63.0 Å². The van der Waals surface area contributed by atoms with Gasteiger partial charge in [-0.25, -0.2) is 9.59 Å². The average Bonchev–Trinajstić information content (AvgIpc) is 3.55. The molecule has 2 aromatic carbocycles. The summed E-state index contributed by atoms with van der Waals surface area (Å²) in [6.07, 6.45) is -4.64. The van der Waals surface area contributed by atoms with Crippen molar-refractivity contribution in [1.82, 2.24) is 9.80 Å². The molecule has 0 amide bonds. The van der Waals surface area contributed by atoms with Gasteiger partial charge in [0.05, 0.1) is 0 Å². The fourth-order valence-electron chi connectivity index (χ4n) is 3.56. The Bertz CT molecular complexity index is 851. The number of hydrogen-bond donors (Lipinski definition) is 2. The summed E-state index contributed by atoms with van der Waals surface area (Å²) in [4.78, 5) is 22.8. The monoisotopic (exact) mass is 550 g/mol. The number of rotatable bonds is 4. The standard InChI is InChI=1S/2C11H15N.2C2HF3O2/c2*1-2-6-11(7-3-1)10-12-8-4-5-9-12;2*3-2(4,5)1(6)7/h2*1-3,6-7H,4-5,8-10H2;2*(H,6,7). The van der Waals surface area contributed by atoms with Crippen LogP contribution in [0.2, 0.25) is 0 Å². The number of hydrogen-bond acceptors (Lipinski definition) is 4. The van der Waals surface area contributed by atoms with E-state index >= 15 is 0 Å². The van der Waals surface area contributed by atoms with E-state index in [4.69, 9.17) is 19.8 Å². The van der Waals surface area contributed by atoms with E-state index in [-0.39, 0.29) is 0 Å². The fourth-order valence-corrected chi connectivity index (χ4v) is 3.56. The molecule has 2 aliphatic rings. The van der Waals surface area contributed by atoms with Crippen molar-refractivity contribution in [3.63, 3.8) is 0 Å². The van der Waals surface area contributed by atoms with Crippen LogP contribution in [-0.2, 0) is 22.7 Å². The molecule has 2 saturated heterocycles. The second-order valence-electron chi connectivity index (χ2n) is 8.54. The lowest BCUT2D eigenvalue weighted by Crippen LogP contribution is -2.21. The molecule has 0 spiro atoms. The molecule has 0 radical (unpaired) electrons. The van der Waals surface area contributed by atoms with E-state index in [1.807, 2.05) is 0 Å². The molecule has 0 aromatic heterocycles. The van der Waals surface area contributed by atoms with Crippen LogP contribution in [0.5, 0.6) is 0 Å². The molecule has 0 unspecified atom stereocenters. The lowest BCUT2D eigenvalue weighted by molar-refractivity contribution is -0.193. The van der Waals surface area contributed by atoms with Gasteiger partial charge in [-0.15, -0.1) is 0 Å². The highest BCUT2D eigenvalue weighted by Gasteiger charge is 2.38. The van der Waals surface area contributed by atoms with E-state index < -0.39 is 24.3 Å². The number of carboxylic acid groups (broad SMARTS) is 2. The van der Waals surface area contributed by atoms with Crippen LogP contribution in [0, 0.1) is 0 Å². The van der Waals surface area contributed by atoms with Crippen LogP contribution >= 0.6 is 0 Å². The molecule has 212 valence electrons. The highest BCUT2D eigenvalue weighted by molar-refractivity contribution is 5.73. The molecule has 0 bridgehead atoms. The zero-order chi connectivity index (χ0) is 28.6. The number of alkyl halides is 6. The minimum absolute atomic E-state index is 1.14. The fraction of sp³-hybridized carbons (Fsp3) is 0.462. The van der Waals surface area contributed by atoms with Gasteiger partial charge in [-0.3, -0.25) is 9.80 Å². The van der Waals surface area contributed by atoms with E-state index in [1.165, 1.54) is 63.0 Å². The summed E-state index contributed by atoms with van der Waals surface area (Å²) in [5, 5.41) is 14.2. The lowest BCUT2D eigenvalue weighted by Gasteiger charge is -2.13. The molecule has 0 saturated carbocycles. The first-order chi connectivity index (χ1) is 17.8. The molecular weight excluding hydrogens is 518 g/mol. The number of carboxylic acids is 2. The van der Waals surface area contributed by atoms with Crippen molar-refractivity contribution >= 4 is 11.9 Å². The predicted octanol–water partition coefficient (Wildman–Crippen LogP) is 5.83. The van der Waals surface area contributed by atoms with Gasteiger partial charge in [0.1, 0.15) is 0 Å². The molecule has 6 nitrogen and oxygen atoms in total. The SMILES string of the molecule is O=C(O)C(F)(F)F.O=C(O)C(F)(F)F.c1ccc(CN2CCCC2)cc1.c1ccc(CN2CCCC2)cc1. The second kappa shape index (κ2) is 16.7. The van der Waals surface area contributed by atoms with Gasteiger partial charge in [-0.2, -0.15) is 26.3 Å². The van der Waals surface area contributed by atoms with Crippen molar-refractivity contribution in [1.29, 1.82) is 0 Å². The first-order valence-electron chi connectivity index (χ1n) is 11.9. The van der Waals surface area contributed by atoms with Crippen molar-refractivity contribution in [2.45, 2.75) is 51.1 Å². The van der Waals surface area contributed by atoms with Gasteiger partial charge in [0.2, 0.25) is 0 Å². The third-order valence-electron chi connectivity index (χ3n) is 5.38. The van der Waals surface area contributed by atoms with Crippen LogP contribution in [0.25, 0.3) is 0 Å². The average molecular weight is 551 g/mol. The maximum atomic E-state index is 10.6. The summed E-state index contributed by atoms with van der Waals surface area (Å²) in [6.45, 7) is 7.43. The minimum Gasteiger partial charge on any atom is -0.475 e. The first kappa shape index (κ1) is 32.9. The third-order valence-corrected chi connectivity index (χ3v) is 5.38. The molecule has 2 heterocycles. The van der Waals surface area contributed by atoms with Crippen LogP contribution in [0.4, 0.5) is 26.3 Å². The number of nitrogens with zero attached hydrogens (tertiary/aromatic N) is 2. The van der Waals surface area contributed by atoms with Crippen LogP contribution in [-0.4, -0.2) is 70.5 Å². The Balaban J connectivity index is 0.000000264. The summed E-state index contributed by atoms with van der Waals surface area (Å²) in [5.41, 5.74) is 2.89. The number of halogens is 6. The van der Waals surface area contributed by atoms with E-state index in [1.54, 1.807) is 0 Å². The second-order valence-corrected chi connectivity index (χ2v) is 8.54. The molecule has 0 atom stereocenters. The number of benzene rings is 2. The third kappa shape index (κ3) is 15.2. The number of carbonyl (C=O) groups is 2. The molecule has 4 rings (SSSR count). The maximum Gasteiger partial charge on any atom is 0.490 e. The molecular formula is C26H32F6N2O4. The van der Waals surface area contributed by atoms with Crippen molar-refractivity contribution in [2.24, 2.45) is 0 Å². The Morgan fingerprint density at radius 3 is 1.03 bits per heavy atom. The highest BCUT2D eigenvalue weighted by Crippen LogP contribution is 2.14. The summed E-state index contributed by atoms with van der Waals surface area (Å²) >= 11 is 0. The topological polar surface area (TPSA) is 81.1 Å². The Labute approximate surface area is 217 Å². The van der Waals surface area contributed by atoms with Crippen LogP contribution in [0.15, 0.2) is 60.7 Å². The van der Waals surface area contributed by atoms with Crippen LogP contribution in [0.3, 0.4) is 0 Å².